The van der Waals surface area contributed by atoms with Crippen LogP contribution in [0.1, 0.15) is 39.5 Å². The number of hydrogen-bond acceptors (Lipinski definition) is 4. The fourth-order valence-electron chi connectivity index (χ4n) is 2.09. The summed E-state index contributed by atoms with van der Waals surface area (Å²) in [7, 11) is -1.62. The van der Waals surface area contributed by atoms with Crippen LogP contribution in [0.4, 0.5) is 0 Å². The van der Waals surface area contributed by atoms with Crippen LogP contribution in [0.5, 0.6) is 0 Å². The van der Waals surface area contributed by atoms with Crippen molar-refractivity contribution in [1.29, 1.82) is 0 Å². The maximum Gasteiger partial charge on any atom is 0.324 e. The molecule has 0 aliphatic rings. The minimum atomic E-state index is -1.62. The molecule has 0 radical (unpaired) electrons. The lowest BCUT2D eigenvalue weighted by Gasteiger charge is -2.26. The van der Waals surface area contributed by atoms with Gasteiger partial charge in [-0.2, -0.15) is 0 Å². The smallest absolute Gasteiger partial charge is 0.324 e. The van der Waals surface area contributed by atoms with Gasteiger partial charge in [0.15, 0.2) is 5.41 Å². The van der Waals surface area contributed by atoms with Crippen LogP contribution in [-0.2, 0) is 19.1 Å². The fourth-order valence-corrected chi connectivity index (χ4v) is 3.24. The predicted octanol–water partition coefficient (Wildman–Crippen LogP) is 5.05. The summed E-state index contributed by atoms with van der Waals surface area (Å²) in [6.07, 6.45) is 5.75. The largest absolute Gasteiger partial charge is 0.465 e. The van der Waals surface area contributed by atoms with E-state index in [0.717, 1.165) is 16.4 Å². The highest BCUT2D eigenvalue weighted by atomic mass is 127. The number of carbonyl (C=O) groups excluding carboxylic acids is 2. The summed E-state index contributed by atoms with van der Waals surface area (Å²) in [6, 6.07) is 0. The zero-order valence-electron chi connectivity index (χ0n) is 16.6. The summed E-state index contributed by atoms with van der Waals surface area (Å²) in [5.74, 6) is 1.95. The van der Waals surface area contributed by atoms with E-state index in [9.17, 15) is 9.59 Å². The molecule has 0 aromatic heterocycles. The van der Waals surface area contributed by atoms with E-state index in [4.69, 9.17) is 9.47 Å². The van der Waals surface area contributed by atoms with Gasteiger partial charge < -0.3 is 9.47 Å². The van der Waals surface area contributed by atoms with Gasteiger partial charge in [0.1, 0.15) is 8.07 Å². The van der Waals surface area contributed by atoms with Crippen molar-refractivity contribution in [2.75, 3.05) is 13.2 Å². The molecule has 0 heterocycles. The lowest BCUT2D eigenvalue weighted by atomic mass is 9.81. The Morgan fingerprint density at radius 1 is 1.15 bits per heavy atom. The summed E-state index contributed by atoms with van der Waals surface area (Å²) in [6.45, 7) is 13.9. The SMILES string of the molecule is C=CCC/C(I)=C/CC(CC#C[Si](C)(C)C)(C(=O)OCC)C(=O)OCC. The Balaban J connectivity index is 5.84. The second kappa shape index (κ2) is 12.3. The summed E-state index contributed by atoms with van der Waals surface area (Å²) in [4.78, 5) is 25.5. The molecule has 0 unspecified atom stereocenters. The molecule has 0 atom stereocenters. The monoisotopic (exact) mass is 490 g/mol. The summed E-state index contributed by atoms with van der Waals surface area (Å²) in [5, 5.41) is 0. The van der Waals surface area contributed by atoms with Crippen molar-refractivity contribution in [3.63, 3.8) is 0 Å². The highest BCUT2D eigenvalue weighted by Crippen LogP contribution is 2.33. The van der Waals surface area contributed by atoms with Gasteiger partial charge in [-0.05, 0) is 59.3 Å². The molecule has 4 nitrogen and oxygen atoms in total. The van der Waals surface area contributed by atoms with E-state index >= 15 is 0 Å². The van der Waals surface area contributed by atoms with Crippen LogP contribution in [0.25, 0.3) is 0 Å². The van der Waals surface area contributed by atoms with Crippen LogP contribution in [0, 0.1) is 16.9 Å². The van der Waals surface area contributed by atoms with Crippen molar-refractivity contribution in [3.05, 3.63) is 22.3 Å². The van der Waals surface area contributed by atoms with Gasteiger partial charge in [-0.3, -0.25) is 9.59 Å². The molecular weight excluding hydrogens is 459 g/mol. The van der Waals surface area contributed by atoms with Crippen LogP contribution >= 0.6 is 22.6 Å². The number of hydrogen-bond donors (Lipinski definition) is 0. The maximum absolute atomic E-state index is 12.7. The number of halogens is 1. The third-order valence-electron chi connectivity index (χ3n) is 3.45. The summed E-state index contributed by atoms with van der Waals surface area (Å²) in [5.41, 5.74) is 1.82. The zero-order valence-corrected chi connectivity index (χ0v) is 19.8. The van der Waals surface area contributed by atoms with Gasteiger partial charge in [0.2, 0.25) is 0 Å². The van der Waals surface area contributed by atoms with Crippen molar-refractivity contribution in [1.82, 2.24) is 0 Å². The standard InChI is InChI=1S/C20H31IO4Si/c1-7-10-12-17(21)13-15-20(18(22)24-8-2,19(23)25-9-3)14-11-16-26(4,5)6/h7,13H,1,8-10,12,14-15H2,2-6H3/b17-13-. The molecule has 0 fully saturated rings. The van der Waals surface area contributed by atoms with Crippen molar-refractivity contribution in [2.24, 2.45) is 5.41 Å². The Labute approximate surface area is 172 Å². The number of carbonyl (C=O) groups is 2. The number of rotatable bonds is 10. The van der Waals surface area contributed by atoms with Gasteiger partial charge >= 0.3 is 11.9 Å². The quantitative estimate of drug-likeness (QED) is 0.108. The Morgan fingerprint density at radius 3 is 2.12 bits per heavy atom. The van der Waals surface area contributed by atoms with Crippen molar-refractivity contribution >= 4 is 42.6 Å². The van der Waals surface area contributed by atoms with Crippen LogP contribution in [0.3, 0.4) is 0 Å². The molecule has 0 amide bonds. The first-order valence-corrected chi connectivity index (χ1v) is 13.5. The molecule has 26 heavy (non-hydrogen) atoms. The van der Waals surface area contributed by atoms with E-state index < -0.39 is 25.4 Å². The lowest BCUT2D eigenvalue weighted by molar-refractivity contribution is -0.171. The summed E-state index contributed by atoms with van der Waals surface area (Å²) >= 11 is 2.22. The third kappa shape index (κ3) is 9.04. The predicted molar refractivity (Wildman–Crippen MR) is 118 cm³/mol. The molecule has 0 N–H and O–H groups in total. The van der Waals surface area contributed by atoms with Gasteiger partial charge in [0.25, 0.3) is 0 Å². The first-order chi connectivity index (χ1) is 12.1. The first-order valence-electron chi connectivity index (χ1n) is 8.92. The van der Waals surface area contributed by atoms with Crippen LogP contribution in [-0.4, -0.2) is 33.2 Å². The minimum absolute atomic E-state index is 0.108. The molecule has 146 valence electrons. The molecule has 0 saturated carbocycles. The Bertz CT molecular complexity index is 561. The van der Waals surface area contributed by atoms with Gasteiger partial charge in [-0.1, -0.05) is 31.8 Å². The van der Waals surface area contributed by atoms with E-state index in [1.54, 1.807) is 13.8 Å². The number of esters is 2. The number of ether oxygens (including phenoxy) is 2. The van der Waals surface area contributed by atoms with E-state index in [2.05, 4.69) is 60.3 Å². The molecule has 0 bridgehead atoms. The maximum atomic E-state index is 12.7. The topological polar surface area (TPSA) is 52.6 Å². The first kappa shape index (κ1) is 24.9. The fraction of sp³-hybridized carbons (Fsp3) is 0.600. The Hall–Kier alpha value is -1.07. The molecule has 0 aliphatic heterocycles. The van der Waals surface area contributed by atoms with Crippen LogP contribution in [0.15, 0.2) is 22.3 Å². The van der Waals surface area contributed by atoms with E-state index in [1.165, 1.54) is 0 Å². The molecule has 0 aliphatic carbocycles. The third-order valence-corrected chi connectivity index (χ3v) is 5.35. The van der Waals surface area contributed by atoms with Crippen LogP contribution < -0.4 is 0 Å². The van der Waals surface area contributed by atoms with Gasteiger partial charge in [0, 0.05) is 6.42 Å². The average molecular weight is 490 g/mol. The average Bonchev–Trinajstić information content (AvgIpc) is 2.55. The molecular formula is C20H31IO4Si. The highest BCUT2D eigenvalue weighted by molar-refractivity contribution is 14.1. The van der Waals surface area contributed by atoms with Crippen molar-refractivity contribution in [3.8, 4) is 11.5 Å². The van der Waals surface area contributed by atoms with E-state index in [-0.39, 0.29) is 26.1 Å². The molecule has 0 rings (SSSR count). The molecule has 0 aromatic rings. The van der Waals surface area contributed by atoms with E-state index in [1.807, 2.05) is 12.2 Å². The second-order valence-electron chi connectivity index (χ2n) is 6.93. The normalized spacial score (nSPS) is 12.0. The van der Waals surface area contributed by atoms with E-state index in [0.29, 0.717) is 0 Å². The van der Waals surface area contributed by atoms with Gasteiger partial charge in [0.05, 0.1) is 13.2 Å². The molecule has 0 aromatic carbocycles. The van der Waals surface area contributed by atoms with Crippen LogP contribution in [0.2, 0.25) is 19.6 Å². The van der Waals surface area contributed by atoms with Crippen molar-refractivity contribution < 1.29 is 19.1 Å². The lowest BCUT2D eigenvalue weighted by Crippen LogP contribution is -2.42. The number of allylic oxidation sites excluding steroid dienone is 3. The Morgan fingerprint density at radius 2 is 1.69 bits per heavy atom. The van der Waals surface area contributed by atoms with Gasteiger partial charge in [-0.15, -0.1) is 18.0 Å². The molecule has 0 spiro atoms. The second-order valence-corrected chi connectivity index (χ2v) is 13.1. The molecule has 0 saturated heterocycles. The molecule has 6 heteroatoms. The van der Waals surface area contributed by atoms with Gasteiger partial charge in [-0.25, -0.2) is 0 Å². The Kier molecular flexibility index (Phi) is 11.8. The minimum Gasteiger partial charge on any atom is -0.465 e. The zero-order chi connectivity index (χ0) is 20.2. The van der Waals surface area contributed by atoms with Crippen molar-refractivity contribution in [2.45, 2.75) is 59.2 Å². The summed E-state index contributed by atoms with van der Waals surface area (Å²) < 4.78 is 11.5. The highest BCUT2D eigenvalue weighted by Gasteiger charge is 2.47.